The maximum Gasteiger partial charge on any atom is 0.260 e. The summed E-state index contributed by atoms with van der Waals surface area (Å²) < 4.78 is 4.96. The van der Waals surface area contributed by atoms with Crippen LogP contribution in [0.15, 0.2) is 0 Å². The van der Waals surface area contributed by atoms with Crippen molar-refractivity contribution in [2.45, 2.75) is 50.4 Å². The van der Waals surface area contributed by atoms with E-state index in [4.69, 9.17) is 9.84 Å². The molecule has 1 aliphatic heterocycles. The molecule has 1 rings (SSSR count). The van der Waals surface area contributed by atoms with E-state index in [1.165, 1.54) is 0 Å². The van der Waals surface area contributed by atoms with E-state index in [9.17, 15) is 29.7 Å². The van der Waals surface area contributed by atoms with Crippen molar-refractivity contribution in [3.63, 3.8) is 0 Å². The molecule has 9 heteroatoms. The Morgan fingerprint density at radius 1 is 1.14 bits per heavy atom. The average molecular weight is 305 g/mol. The highest BCUT2D eigenvalue weighted by Crippen LogP contribution is 2.38. The Labute approximate surface area is 120 Å². The molecule has 1 heterocycles. The smallest absolute Gasteiger partial charge is 0.260 e. The number of carbonyl (C=O) groups excluding carboxylic acids is 3. The molecule has 21 heavy (non-hydrogen) atoms. The van der Waals surface area contributed by atoms with Crippen LogP contribution in [0.4, 0.5) is 0 Å². The molecule has 1 saturated heterocycles. The molecule has 5 N–H and O–H groups in total. The average Bonchev–Trinajstić information content (AvgIpc) is 2.38. The van der Waals surface area contributed by atoms with Gasteiger partial charge in [-0.2, -0.15) is 0 Å². The second kappa shape index (κ2) is 5.78. The molecule has 9 nitrogen and oxygen atoms in total. The molecular weight excluding hydrogens is 286 g/mol. The molecule has 1 unspecified atom stereocenters. The lowest BCUT2D eigenvalue weighted by molar-refractivity contribution is -0.320. The Balaban J connectivity index is 3.55. The zero-order valence-electron chi connectivity index (χ0n) is 11.9. The molecule has 120 valence electrons. The summed E-state index contributed by atoms with van der Waals surface area (Å²) in [5.41, 5.74) is -2.57. The third-order valence-electron chi connectivity index (χ3n) is 3.59. The second-order valence-electron chi connectivity index (χ2n) is 5.02. The van der Waals surface area contributed by atoms with Gasteiger partial charge in [-0.3, -0.25) is 14.4 Å². The quantitative estimate of drug-likeness (QED) is 0.365. The lowest BCUT2D eigenvalue weighted by Gasteiger charge is -2.53. The molecule has 0 aromatic heterocycles. The molecular formula is C12H19NO8. The van der Waals surface area contributed by atoms with Gasteiger partial charge < -0.3 is 30.5 Å². The topological polar surface area (TPSA) is 153 Å². The molecule has 0 bridgehead atoms. The lowest BCUT2D eigenvalue weighted by Crippen LogP contribution is -2.83. The molecule has 0 aromatic rings. The van der Waals surface area contributed by atoms with Crippen LogP contribution in [0, 0.1) is 0 Å². The SMILES string of the molecule is CC(=O)N[C@]1(C(C)=O)[C@@H](O)[C@@H](O)[C@@H](CO)OC1(O)C(C)=O. The summed E-state index contributed by atoms with van der Waals surface area (Å²) in [5, 5.41) is 41.7. The van der Waals surface area contributed by atoms with Crippen molar-refractivity contribution in [1.82, 2.24) is 5.32 Å². The summed E-state index contributed by atoms with van der Waals surface area (Å²) in [6.07, 6.45) is -5.36. The molecule has 0 aliphatic carbocycles. The Morgan fingerprint density at radius 3 is 2.00 bits per heavy atom. The van der Waals surface area contributed by atoms with Crippen molar-refractivity contribution < 1.29 is 39.5 Å². The van der Waals surface area contributed by atoms with Crippen LogP contribution in [-0.2, 0) is 19.1 Å². The van der Waals surface area contributed by atoms with Gasteiger partial charge in [-0.25, -0.2) is 0 Å². The Morgan fingerprint density at radius 2 is 1.67 bits per heavy atom. The van der Waals surface area contributed by atoms with Crippen molar-refractivity contribution in [2.24, 2.45) is 0 Å². The summed E-state index contributed by atoms with van der Waals surface area (Å²) in [4.78, 5) is 35.1. The van der Waals surface area contributed by atoms with E-state index in [1.807, 2.05) is 5.32 Å². The first kappa shape index (κ1) is 17.7. The largest absolute Gasteiger partial charge is 0.394 e. The number of carbonyl (C=O) groups is 3. The van der Waals surface area contributed by atoms with Crippen LogP contribution in [0.25, 0.3) is 0 Å². The second-order valence-corrected chi connectivity index (χ2v) is 5.02. The highest BCUT2D eigenvalue weighted by Gasteiger charge is 2.69. The lowest BCUT2D eigenvalue weighted by atomic mass is 9.72. The zero-order valence-corrected chi connectivity index (χ0v) is 11.9. The molecule has 0 saturated carbocycles. The van der Waals surface area contributed by atoms with E-state index in [0.29, 0.717) is 0 Å². The minimum Gasteiger partial charge on any atom is -0.394 e. The number of ketones is 2. The fourth-order valence-corrected chi connectivity index (χ4v) is 2.52. The van der Waals surface area contributed by atoms with Crippen molar-refractivity contribution in [2.75, 3.05) is 6.61 Å². The van der Waals surface area contributed by atoms with E-state index in [0.717, 1.165) is 20.8 Å². The van der Waals surface area contributed by atoms with Gasteiger partial charge in [0.2, 0.25) is 5.91 Å². The van der Waals surface area contributed by atoms with E-state index in [1.54, 1.807) is 0 Å². The first-order valence-electron chi connectivity index (χ1n) is 6.22. The molecule has 0 spiro atoms. The van der Waals surface area contributed by atoms with Gasteiger partial charge in [0, 0.05) is 13.8 Å². The Hall–Kier alpha value is -1.39. The third-order valence-corrected chi connectivity index (χ3v) is 3.59. The van der Waals surface area contributed by atoms with Gasteiger partial charge >= 0.3 is 0 Å². The van der Waals surface area contributed by atoms with Crippen molar-refractivity contribution in [3.8, 4) is 0 Å². The van der Waals surface area contributed by atoms with Crippen LogP contribution < -0.4 is 5.32 Å². The van der Waals surface area contributed by atoms with Gasteiger partial charge in [0.15, 0.2) is 17.1 Å². The fourth-order valence-electron chi connectivity index (χ4n) is 2.52. The van der Waals surface area contributed by atoms with Gasteiger partial charge in [0.05, 0.1) is 6.61 Å². The predicted octanol–water partition coefficient (Wildman–Crippen LogP) is -3.16. The number of Topliss-reactive ketones (excluding diaryl/α,β-unsaturated/α-hetero) is 2. The van der Waals surface area contributed by atoms with Gasteiger partial charge in [-0.1, -0.05) is 0 Å². The standard InChI is InChI=1S/C12H19NO8/c1-5(15)11(13-7(3)17)10(19)9(18)8(4-14)21-12(11,20)6(2)16/h8-10,14,18-20H,4H2,1-3H3,(H,13,17)/t8-,9+,10+,11-,12?/m1/s1. The van der Waals surface area contributed by atoms with Gasteiger partial charge in [-0.05, 0) is 6.92 Å². The summed E-state index contributed by atoms with van der Waals surface area (Å²) >= 11 is 0. The third kappa shape index (κ3) is 2.47. The van der Waals surface area contributed by atoms with E-state index in [2.05, 4.69) is 0 Å². The minimum absolute atomic E-state index is 0.818. The maximum atomic E-state index is 12.0. The molecule has 1 aliphatic rings. The molecule has 1 amide bonds. The Kier molecular flexibility index (Phi) is 4.86. The van der Waals surface area contributed by atoms with E-state index >= 15 is 0 Å². The number of nitrogens with one attached hydrogen (secondary N) is 1. The summed E-state index contributed by atoms with van der Waals surface area (Å²) in [6, 6.07) is 0. The van der Waals surface area contributed by atoms with E-state index < -0.39 is 53.7 Å². The first-order chi connectivity index (χ1) is 9.54. The minimum atomic E-state index is -2.92. The van der Waals surface area contributed by atoms with Crippen LogP contribution in [0.2, 0.25) is 0 Å². The Bertz CT molecular complexity index is 466. The van der Waals surface area contributed by atoms with Crippen LogP contribution in [-0.4, -0.2) is 74.1 Å². The summed E-state index contributed by atoms with van der Waals surface area (Å²) in [7, 11) is 0. The monoisotopic (exact) mass is 305 g/mol. The van der Waals surface area contributed by atoms with Crippen molar-refractivity contribution in [1.29, 1.82) is 0 Å². The number of hydrogen-bond donors (Lipinski definition) is 5. The summed E-state index contributed by atoms with van der Waals surface area (Å²) in [5.74, 6) is -5.81. The van der Waals surface area contributed by atoms with Gasteiger partial charge in [-0.15, -0.1) is 0 Å². The van der Waals surface area contributed by atoms with E-state index in [-0.39, 0.29) is 0 Å². The van der Waals surface area contributed by atoms with Crippen molar-refractivity contribution in [3.05, 3.63) is 0 Å². The number of hydrogen-bond acceptors (Lipinski definition) is 8. The number of aliphatic hydroxyl groups is 4. The number of amides is 1. The van der Waals surface area contributed by atoms with Crippen LogP contribution in [0.3, 0.4) is 0 Å². The van der Waals surface area contributed by atoms with Crippen molar-refractivity contribution >= 4 is 17.5 Å². The summed E-state index contributed by atoms with van der Waals surface area (Å²) in [6.45, 7) is 1.99. The molecule has 1 fully saturated rings. The maximum absolute atomic E-state index is 12.0. The van der Waals surface area contributed by atoms with Gasteiger partial charge in [0.25, 0.3) is 5.79 Å². The highest BCUT2D eigenvalue weighted by molar-refractivity contribution is 6.00. The first-order valence-corrected chi connectivity index (χ1v) is 6.22. The van der Waals surface area contributed by atoms with Crippen LogP contribution >= 0.6 is 0 Å². The normalized spacial score (nSPS) is 39.7. The fraction of sp³-hybridized carbons (Fsp3) is 0.750. The molecule has 5 atom stereocenters. The number of rotatable bonds is 4. The van der Waals surface area contributed by atoms with Crippen LogP contribution in [0.5, 0.6) is 0 Å². The van der Waals surface area contributed by atoms with Gasteiger partial charge in [0.1, 0.15) is 18.3 Å². The number of aliphatic hydroxyl groups excluding tert-OH is 3. The zero-order chi connectivity index (χ0) is 16.6. The molecule has 0 radical (unpaired) electrons. The van der Waals surface area contributed by atoms with Crippen LogP contribution in [0.1, 0.15) is 20.8 Å². The number of ether oxygens (including phenoxy) is 1. The highest BCUT2D eigenvalue weighted by atomic mass is 16.7. The molecule has 0 aromatic carbocycles. The predicted molar refractivity (Wildman–Crippen MR) is 66.8 cm³/mol.